The molecule has 6 heteroatoms. The van der Waals surface area contributed by atoms with Crippen LogP contribution in [0.5, 0.6) is 0 Å². The molecule has 0 bridgehead atoms. The Kier molecular flexibility index (Phi) is 5.93. The molecule has 1 aliphatic rings. The Morgan fingerprint density at radius 3 is 2.57 bits per heavy atom. The molecule has 0 radical (unpaired) electrons. The molecule has 0 aromatic heterocycles. The van der Waals surface area contributed by atoms with Gasteiger partial charge in [-0.1, -0.05) is 30.0 Å². The van der Waals surface area contributed by atoms with Crippen LogP contribution in [0.3, 0.4) is 0 Å². The first-order valence-corrected chi connectivity index (χ1v) is 8.10. The average Bonchev–Trinajstić information content (AvgIpc) is 3.21. The van der Waals surface area contributed by atoms with Gasteiger partial charge in [0, 0.05) is 11.8 Å². The highest BCUT2D eigenvalue weighted by molar-refractivity contribution is 8.00. The van der Waals surface area contributed by atoms with E-state index in [1.165, 1.54) is 6.07 Å². The zero-order valence-electron chi connectivity index (χ0n) is 11.6. The van der Waals surface area contributed by atoms with E-state index in [-0.39, 0.29) is 29.2 Å². The van der Waals surface area contributed by atoms with E-state index in [4.69, 9.17) is 0 Å². The lowest BCUT2D eigenvalue weighted by molar-refractivity contribution is -0.0328. The van der Waals surface area contributed by atoms with Gasteiger partial charge in [-0.05, 0) is 49.8 Å². The van der Waals surface area contributed by atoms with E-state index in [1.807, 2.05) is 0 Å². The summed E-state index contributed by atoms with van der Waals surface area (Å²) in [7, 11) is 0. The Morgan fingerprint density at radius 2 is 1.95 bits per heavy atom. The smallest absolute Gasteiger partial charge is 0.314 e. The maximum Gasteiger partial charge on any atom is 0.441 e. The second-order valence-electron chi connectivity index (χ2n) is 5.43. The fourth-order valence-electron chi connectivity index (χ4n) is 2.21. The van der Waals surface area contributed by atoms with Crippen LogP contribution in [0.15, 0.2) is 24.3 Å². The average molecular weight is 321 g/mol. The molecule has 1 atom stereocenters. The Balaban J connectivity index is 1.86. The summed E-state index contributed by atoms with van der Waals surface area (Å²) in [4.78, 5) is 0. The summed E-state index contributed by atoms with van der Waals surface area (Å²) in [5, 5.41) is 3.33. The minimum absolute atomic E-state index is 0.00501. The van der Waals surface area contributed by atoms with Crippen molar-refractivity contribution in [2.24, 2.45) is 5.92 Å². The molecule has 0 heterocycles. The number of hydrogen-bond donors (Lipinski definition) is 1. The van der Waals surface area contributed by atoms with Crippen molar-refractivity contribution in [3.8, 4) is 0 Å². The Hall–Kier alpha value is -0.750. The number of benzene rings is 1. The molecule has 1 aromatic rings. The minimum Gasteiger partial charge on any atom is -0.314 e. The van der Waals surface area contributed by atoms with Crippen molar-refractivity contribution >= 4 is 11.8 Å². The van der Waals surface area contributed by atoms with E-state index in [1.54, 1.807) is 18.2 Å². The predicted molar refractivity (Wildman–Crippen MR) is 77.7 cm³/mol. The van der Waals surface area contributed by atoms with Crippen molar-refractivity contribution in [1.29, 1.82) is 0 Å². The van der Waals surface area contributed by atoms with Gasteiger partial charge in [0.25, 0.3) is 0 Å². The molecule has 2 rings (SSSR count). The van der Waals surface area contributed by atoms with Crippen LogP contribution in [0.25, 0.3) is 0 Å². The molecule has 0 amide bonds. The van der Waals surface area contributed by atoms with E-state index in [2.05, 4.69) is 5.32 Å². The van der Waals surface area contributed by atoms with Crippen LogP contribution in [0.1, 0.15) is 24.8 Å². The van der Waals surface area contributed by atoms with Gasteiger partial charge in [-0.25, -0.2) is 4.39 Å². The number of thioether (sulfide) groups is 1. The van der Waals surface area contributed by atoms with E-state index in [0.29, 0.717) is 31.0 Å². The standard InChI is InChI=1S/C15H19F4NS/c16-14-4-2-1-3-12(14)9-11(10-20-13-5-6-13)7-8-21-15(17,18)19/h1-4,11,13,20H,5-10H2. The first kappa shape index (κ1) is 16.6. The zero-order chi connectivity index (χ0) is 15.3. The summed E-state index contributed by atoms with van der Waals surface area (Å²) in [6.45, 7) is 0.650. The van der Waals surface area contributed by atoms with Crippen LogP contribution < -0.4 is 5.32 Å². The molecule has 1 N–H and O–H groups in total. The van der Waals surface area contributed by atoms with Crippen LogP contribution in [0, 0.1) is 11.7 Å². The molecule has 1 saturated carbocycles. The molecule has 118 valence electrons. The van der Waals surface area contributed by atoms with Crippen molar-refractivity contribution in [2.45, 2.75) is 37.2 Å². The monoisotopic (exact) mass is 321 g/mol. The van der Waals surface area contributed by atoms with Gasteiger partial charge < -0.3 is 5.32 Å². The van der Waals surface area contributed by atoms with E-state index in [9.17, 15) is 17.6 Å². The van der Waals surface area contributed by atoms with Gasteiger partial charge in [0.05, 0.1) is 0 Å². The van der Waals surface area contributed by atoms with Gasteiger partial charge in [0.15, 0.2) is 0 Å². The van der Waals surface area contributed by atoms with Crippen molar-refractivity contribution < 1.29 is 17.6 Å². The summed E-state index contributed by atoms with van der Waals surface area (Å²) in [6, 6.07) is 6.98. The topological polar surface area (TPSA) is 12.0 Å². The van der Waals surface area contributed by atoms with Gasteiger partial charge in [-0.3, -0.25) is 0 Å². The SMILES string of the molecule is Fc1ccccc1CC(CCSC(F)(F)F)CNC1CC1. The third-order valence-corrected chi connectivity index (χ3v) is 4.30. The number of nitrogens with one attached hydrogen (secondary N) is 1. The molecule has 1 nitrogen and oxygen atoms in total. The molecule has 1 aliphatic carbocycles. The first-order valence-electron chi connectivity index (χ1n) is 7.11. The fraction of sp³-hybridized carbons (Fsp3) is 0.600. The van der Waals surface area contributed by atoms with Crippen molar-refractivity contribution in [3.05, 3.63) is 35.6 Å². The zero-order valence-corrected chi connectivity index (χ0v) is 12.4. The third-order valence-electron chi connectivity index (χ3n) is 3.53. The van der Waals surface area contributed by atoms with Crippen LogP contribution in [0.2, 0.25) is 0 Å². The van der Waals surface area contributed by atoms with Gasteiger partial charge in [0.1, 0.15) is 5.82 Å². The highest BCUT2D eigenvalue weighted by Gasteiger charge is 2.28. The largest absolute Gasteiger partial charge is 0.441 e. The van der Waals surface area contributed by atoms with Crippen molar-refractivity contribution in [2.75, 3.05) is 12.3 Å². The maximum atomic E-state index is 13.7. The summed E-state index contributed by atoms with van der Waals surface area (Å²) in [6.07, 6.45) is 3.16. The highest BCUT2D eigenvalue weighted by atomic mass is 32.2. The Bertz CT molecular complexity index is 446. The lowest BCUT2D eigenvalue weighted by Crippen LogP contribution is -2.27. The second-order valence-corrected chi connectivity index (χ2v) is 6.59. The lowest BCUT2D eigenvalue weighted by Gasteiger charge is -2.18. The lowest BCUT2D eigenvalue weighted by atomic mass is 9.96. The van der Waals surface area contributed by atoms with E-state index < -0.39 is 5.51 Å². The second kappa shape index (κ2) is 7.49. The quantitative estimate of drug-likeness (QED) is 0.713. The molecular weight excluding hydrogens is 302 g/mol. The maximum absolute atomic E-state index is 13.7. The summed E-state index contributed by atoms with van der Waals surface area (Å²) in [5.41, 5.74) is -3.61. The van der Waals surface area contributed by atoms with Crippen molar-refractivity contribution in [1.82, 2.24) is 5.32 Å². The third kappa shape index (κ3) is 6.70. The summed E-state index contributed by atoms with van der Waals surface area (Å²) in [5.74, 6) is -0.232. The van der Waals surface area contributed by atoms with Crippen molar-refractivity contribution in [3.63, 3.8) is 0 Å². The normalized spacial score (nSPS) is 17.0. The van der Waals surface area contributed by atoms with Crippen LogP contribution in [-0.2, 0) is 6.42 Å². The number of halogens is 4. The molecule has 21 heavy (non-hydrogen) atoms. The van der Waals surface area contributed by atoms with Crippen LogP contribution in [0.4, 0.5) is 17.6 Å². The molecule has 0 aliphatic heterocycles. The molecule has 1 aromatic carbocycles. The van der Waals surface area contributed by atoms with E-state index >= 15 is 0 Å². The summed E-state index contributed by atoms with van der Waals surface area (Å²) >= 11 is 0.00501. The highest BCUT2D eigenvalue weighted by Crippen LogP contribution is 2.32. The Labute approximate surface area is 126 Å². The van der Waals surface area contributed by atoms with Gasteiger partial charge in [0.2, 0.25) is 0 Å². The predicted octanol–water partition coefficient (Wildman–Crippen LogP) is 4.38. The van der Waals surface area contributed by atoms with Crippen LogP contribution in [-0.4, -0.2) is 23.8 Å². The van der Waals surface area contributed by atoms with Gasteiger partial charge in [-0.15, -0.1) is 0 Å². The fourth-order valence-corrected chi connectivity index (χ4v) is 2.90. The minimum atomic E-state index is -4.19. The molecule has 0 saturated heterocycles. The van der Waals surface area contributed by atoms with Gasteiger partial charge in [-0.2, -0.15) is 13.2 Å². The first-order chi connectivity index (χ1) is 9.94. The number of hydrogen-bond acceptors (Lipinski definition) is 2. The van der Waals surface area contributed by atoms with Crippen LogP contribution >= 0.6 is 11.8 Å². The summed E-state index contributed by atoms with van der Waals surface area (Å²) < 4.78 is 50.3. The van der Waals surface area contributed by atoms with Gasteiger partial charge >= 0.3 is 5.51 Å². The van der Waals surface area contributed by atoms with E-state index in [0.717, 1.165) is 12.8 Å². The molecular formula is C15H19F4NS. The molecule has 1 fully saturated rings. The molecule has 0 spiro atoms. The molecule has 1 unspecified atom stereocenters. The number of alkyl halides is 3. The number of rotatable bonds is 8. The Morgan fingerprint density at radius 1 is 1.24 bits per heavy atom.